The zero-order chi connectivity index (χ0) is 20.2. The van der Waals surface area contributed by atoms with Crippen molar-refractivity contribution < 1.29 is 14.3 Å². The molecule has 2 fully saturated rings. The molecule has 8 heteroatoms. The van der Waals surface area contributed by atoms with E-state index >= 15 is 0 Å². The average molecular weight is 397 g/mol. The summed E-state index contributed by atoms with van der Waals surface area (Å²) in [5, 5.41) is 0. The second-order valence-corrected chi connectivity index (χ2v) is 7.21. The number of aryl methyl sites for hydroxylation is 1. The lowest BCUT2D eigenvalue weighted by Gasteiger charge is -2.36. The van der Waals surface area contributed by atoms with Crippen LogP contribution >= 0.6 is 0 Å². The lowest BCUT2D eigenvalue weighted by molar-refractivity contribution is 0.0743. The second-order valence-electron chi connectivity index (χ2n) is 7.21. The summed E-state index contributed by atoms with van der Waals surface area (Å²) < 4.78 is 10.8. The van der Waals surface area contributed by atoms with Crippen molar-refractivity contribution in [1.82, 2.24) is 14.9 Å². The largest absolute Gasteiger partial charge is 0.496 e. The van der Waals surface area contributed by atoms with Crippen molar-refractivity contribution in [2.45, 2.75) is 6.92 Å². The number of ether oxygens (including phenoxy) is 2. The van der Waals surface area contributed by atoms with E-state index in [0.29, 0.717) is 24.4 Å². The highest BCUT2D eigenvalue weighted by Crippen LogP contribution is 2.23. The van der Waals surface area contributed by atoms with E-state index in [1.165, 1.54) is 0 Å². The molecule has 0 spiro atoms. The number of benzene rings is 1. The highest BCUT2D eigenvalue weighted by Gasteiger charge is 2.25. The Bertz CT molecular complexity index is 861. The Hall–Kier alpha value is -2.87. The Morgan fingerprint density at radius 2 is 1.59 bits per heavy atom. The molecule has 3 heterocycles. The van der Waals surface area contributed by atoms with Crippen LogP contribution in [-0.2, 0) is 4.74 Å². The standard InChI is InChI=1S/C21H27N5O3/c1-16-22-19(15-20(23-16)25-11-13-29-14-12-25)24-7-9-26(10-8-24)21(27)17-5-3-4-6-18(17)28-2/h3-6,15H,7-14H2,1-2H3. The first kappa shape index (κ1) is 19.4. The number of hydrogen-bond donors (Lipinski definition) is 0. The molecule has 2 saturated heterocycles. The summed E-state index contributed by atoms with van der Waals surface area (Å²) in [5.74, 6) is 3.25. The maximum absolute atomic E-state index is 12.9. The van der Waals surface area contributed by atoms with E-state index in [0.717, 1.165) is 56.9 Å². The highest BCUT2D eigenvalue weighted by molar-refractivity contribution is 5.97. The number of anilines is 2. The fourth-order valence-electron chi connectivity index (χ4n) is 3.78. The maximum Gasteiger partial charge on any atom is 0.257 e. The number of carbonyl (C=O) groups is 1. The van der Waals surface area contributed by atoms with Gasteiger partial charge in [-0.05, 0) is 19.1 Å². The van der Waals surface area contributed by atoms with E-state index in [4.69, 9.17) is 9.47 Å². The fraction of sp³-hybridized carbons (Fsp3) is 0.476. The average Bonchev–Trinajstić information content (AvgIpc) is 2.79. The maximum atomic E-state index is 12.9. The van der Waals surface area contributed by atoms with Gasteiger partial charge < -0.3 is 24.2 Å². The summed E-state index contributed by atoms with van der Waals surface area (Å²) in [6, 6.07) is 9.42. The van der Waals surface area contributed by atoms with Crippen LogP contribution in [0, 0.1) is 6.92 Å². The van der Waals surface area contributed by atoms with Crippen LogP contribution in [0.25, 0.3) is 0 Å². The molecule has 2 aliphatic rings. The number of hydrogen-bond acceptors (Lipinski definition) is 7. The van der Waals surface area contributed by atoms with Crippen molar-refractivity contribution in [1.29, 1.82) is 0 Å². The van der Waals surface area contributed by atoms with E-state index in [2.05, 4.69) is 25.8 Å². The Morgan fingerprint density at radius 3 is 2.24 bits per heavy atom. The number of nitrogens with zero attached hydrogens (tertiary/aromatic N) is 5. The molecular formula is C21H27N5O3. The fourth-order valence-corrected chi connectivity index (χ4v) is 3.78. The van der Waals surface area contributed by atoms with Crippen molar-refractivity contribution in [2.75, 3.05) is 69.4 Å². The van der Waals surface area contributed by atoms with Gasteiger partial charge in [-0.2, -0.15) is 0 Å². The minimum Gasteiger partial charge on any atom is -0.496 e. The normalized spacial score (nSPS) is 17.4. The second kappa shape index (κ2) is 8.65. The third-order valence-electron chi connectivity index (χ3n) is 5.37. The van der Waals surface area contributed by atoms with Crippen LogP contribution in [0.15, 0.2) is 30.3 Å². The molecule has 0 radical (unpaired) electrons. The first-order chi connectivity index (χ1) is 14.2. The number of rotatable bonds is 4. The molecule has 0 N–H and O–H groups in total. The van der Waals surface area contributed by atoms with Crippen molar-refractivity contribution in [2.24, 2.45) is 0 Å². The molecule has 1 aromatic heterocycles. The molecule has 0 bridgehead atoms. The molecule has 0 unspecified atom stereocenters. The Kier molecular flexibility index (Phi) is 5.80. The van der Waals surface area contributed by atoms with Crippen LogP contribution in [0.2, 0.25) is 0 Å². The van der Waals surface area contributed by atoms with Crippen LogP contribution in [0.1, 0.15) is 16.2 Å². The van der Waals surface area contributed by atoms with Gasteiger partial charge in [0, 0.05) is 45.3 Å². The predicted molar refractivity (Wildman–Crippen MR) is 111 cm³/mol. The number of piperazine rings is 1. The Balaban J connectivity index is 1.44. The van der Waals surface area contributed by atoms with Crippen LogP contribution in [0.5, 0.6) is 5.75 Å². The quantitative estimate of drug-likeness (QED) is 0.776. The van der Waals surface area contributed by atoms with Crippen LogP contribution in [-0.4, -0.2) is 80.4 Å². The summed E-state index contributed by atoms with van der Waals surface area (Å²) in [6.45, 7) is 7.83. The third-order valence-corrected chi connectivity index (χ3v) is 5.37. The number of para-hydroxylation sites is 1. The number of amides is 1. The van der Waals surface area contributed by atoms with E-state index in [1.54, 1.807) is 7.11 Å². The Labute approximate surface area is 171 Å². The highest BCUT2D eigenvalue weighted by atomic mass is 16.5. The molecule has 0 aliphatic carbocycles. The van der Waals surface area contributed by atoms with Gasteiger partial charge >= 0.3 is 0 Å². The van der Waals surface area contributed by atoms with Crippen molar-refractivity contribution in [3.8, 4) is 5.75 Å². The number of methoxy groups -OCH3 is 1. The molecule has 1 aromatic carbocycles. The number of aromatic nitrogens is 2. The van der Waals surface area contributed by atoms with Crippen molar-refractivity contribution in [3.05, 3.63) is 41.7 Å². The molecular weight excluding hydrogens is 370 g/mol. The summed E-state index contributed by atoms with van der Waals surface area (Å²) in [6.07, 6.45) is 0. The molecule has 0 saturated carbocycles. The van der Waals surface area contributed by atoms with E-state index in [9.17, 15) is 4.79 Å². The van der Waals surface area contributed by atoms with Crippen molar-refractivity contribution >= 4 is 17.5 Å². The lowest BCUT2D eigenvalue weighted by Crippen LogP contribution is -2.49. The molecule has 154 valence electrons. The first-order valence-electron chi connectivity index (χ1n) is 10.0. The van der Waals surface area contributed by atoms with Gasteiger partial charge in [0.25, 0.3) is 5.91 Å². The summed E-state index contributed by atoms with van der Waals surface area (Å²) in [5.41, 5.74) is 0.607. The van der Waals surface area contributed by atoms with Gasteiger partial charge in [-0.1, -0.05) is 12.1 Å². The minimum absolute atomic E-state index is 0.00924. The summed E-state index contributed by atoms with van der Waals surface area (Å²) in [4.78, 5) is 28.5. The van der Waals surface area contributed by atoms with Gasteiger partial charge in [-0.15, -0.1) is 0 Å². The minimum atomic E-state index is 0.00924. The van der Waals surface area contributed by atoms with Gasteiger partial charge in [-0.3, -0.25) is 4.79 Å². The van der Waals surface area contributed by atoms with Crippen molar-refractivity contribution in [3.63, 3.8) is 0 Å². The monoisotopic (exact) mass is 397 g/mol. The zero-order valence-corrected chi connectivity index (χ0v) is 17.0. The van der Waals surface area contributed by atoms with Crippen LogP contribution in [0.3, 0.4) is 0 Å². The van der Waals surface area contributed by atoms with Gasteiger partial charge in [0.1, 0.15) is 23.2 Å². The topological polar surface area (TPSA) is 71.0 Å². The molecule has 1 amide bonds. The molecule has 2 aromatic rings. The van der Waals surface area contributed by atoms with Gasteiger partial charge in [-0.25, -0.2) is 9.97 Å². The smallest absolute Gasteiger partial charge is 0.257 e. The van der Waals surface area contributed by atoms with Crippen LogP contribution in [0.4, 0.5) is 11.6 Å². The molecule has 2 aliphatic heterocycles. The summed E-state index contributed by atoms with van der Waals surface area (Å²) >= 11 is 0. The third kappa shape index (κ3) is 4.27. The molecule has 29 heavy (non-hydrogen) atoms. The molecule has 0 atom stereocenters. The number of morpholine rings is 1. The van der Waals surface area contributed by atoms with Crippen LogP contribution < -0.4 is 14.5 Å². The van der Waals surface area contributed by atoms with E-state index in [1.807, 2.05) is 36.1 Å². The van der Waals surface area contributed by atoms with E-state index < -0.39 is 0 Å². The van der Waals surface area contributed by atoms with Gasteiger partial charge in [0.2, 0.25) is 0 Å². The molecule has 4 rings (SSSR count). The first-order valence-corrected chi connectivity index (χ1v) is 10.0. The van der Waals surface area contributed by atoms with E-state index in [-0.39, 0.29) is 5.91 Å². The summed E-state index contributed by atoms with van der Waals surface area (Å²) in [7, 11) is 1.59. The Morgan fingerprint density at radius 1 is 0.966 bits per heavy atom. The number of carbonyl (C=O) groups excluding carboxylic acids is 1. The van der Waals surface area contributed by atoms with Gasteiger partial charge in [0.15, 0.2) is 0 Å². The SMILES string of the molecule is COc1ccccc1C(=O)N1CCN(c2cc(N3CCOCC3)nc(C)n2)CC1. The lowest BCUT2D eigenvalue weighted by atomic mass is 10.1. The van der Waals surface area contributed by atoms with Gasteiger partial charge in [0.05, 0.1) is 25.9 Å². The molecule has 8 nitrogen and oxygen atoms in total. The predicted octanol–water partition coefficient (Wildman–Crippen LogP) is 1.59. The zero-order valence-electron chi connectivity index (χ0n) is 17.0.